The van der Waals surface area contributed by atoms with E-state index < -0.39 is 5.97 Å². The standard InChI is InChI=1S/C35H64O4/c1-3-5-7-9-11-13-14-15-16-18-24-28-32-35(38)39-33(29-25-21-17-12-10-8-6-4-2)30-26-22-19-20-23-27-31-34(36)37/h12,17,25,29,33H,3-11,13-16,18-24,26-28,30-32H2,1-2H3,(H,36,37)/b17-12-,29-25-. The Hall–Kier alpha value is -1.58. The van der Waals surface area contributed by atoms with Crippen LogP contribution in [0.15, 0.2) is 24.3 Å². The smallest absolute Gasteiger partial charge is 0.306 e. The van der Waals surface area contributed by atoms with Gasteiger partial charge in [-0.3, -0.25) is 9.59 Å². The maximum atomic E-state index is 12.5. The molecule has 0 aromatic carbocycles. The molecule has 0 radical (unpaired) electrons. The van der Waals surface area contributed by atoms with Gasteiger partial charge in [-0.2, -0.15) is 0 Å². The van der Waals surface area contributed by atoms with E-state index >= 15 is 0 Å². The SMILES string of the molecule is CCCCC/C=C\C/C=C\C(CCCCCCCCC(=O)O)OC(=O)CCCCCCCCCCCCCC. The second kappa shape index (κ2) is 31.0. The van der Waals surface area contributed by atoms with E-state index in [4.69, 9.17) is 9.84 Å². The minimum atomic E-state index is -0.703. The molecule has 0 amide bonds. The quantitative estimate of drug-likeness (QED) is 0.0550. The predicted molar refractivity (Wildman–Crippen MR) is 167 cm³/mol. The van der Waals surface area contributed by atoms with Gasteiger partial charge in [0.2, 0.25) is 0 Å². The number of esters is 1. The summed E-state index contributed by atoms with van der Waals surface area (Å²) in [6.45, 7) is 4.50. The predicted octanol–water partition coefficient (Wildman–Crippen LogP) is 11.3. The highest BCUT2D eigenvalue weighted by atomic mass is 16.5. The first-order valence-corrected chi connectivity index (χ1v) is 16.8. The normalized spacial score (nSPS) is 12.5. The Morgan fingerprint density at radius 2 is 1.08 bits per heavy atom. The summed E-state index contributed by atoms with van der Waals surface area (Å²) in [4.78, 5) is 23.1. The Balaban J connectivity index is 4.13. The highest BCUT2D eigenvalue weighted by molar-refractivity contribution is 5.69. The lowest BCUT2D eigenvalue weighted by molar-refractivity contribution is -0.147. The van der Waals surface area contributed by atoms with Gasteiger partial charge in [-0.15, -0.1) is 0 Å². The molecule has 0 fully saturated rings. The maximum absolute atomic E-state index is 12.5. The molecule has 0 saturated heterocycles. The number of hydrogen-bond donors (Lipinski definition) is 1. The Morgan fingerprint density at radius 3 is 1.64 bits per heavy atom. The molecule has 1 unspecified atom stereocenters. The molecule has 0 aromatic rings. The molecule has 0 saturated carbocycles. The fourth-order valence-corrected chi connectivity index (χ4v) is 4.90. The van der Waals surface area contributed by atoms with Crippen LogP contribution in [0, 0.1) is 0 Å². The van der Waals surface area contributed by atoms with Crippen molar-refractivity contribution in [1.82, 2.24) is 0 Å². The van der Waals surface area contributed by atoms with Crippen LogP contribution >= 0.6 is 0 Å². The van der Waals surface area contributed by atoms with Crippen LogP contribution in [0.25, 0.3) is 0 Å². The summed E-state index contributed by atoms with van der Waals surface area (Å²) < 4.78 is 5.87. The summed E-state index contributed by atoms with van der Waals surface area (Å²) >= 11 is 0. The number of allylic oxidation sites excluding steroid dienone is 3. The number of carbonyl (C=O) groups excluding carboxylic acids is 1. The Bertz CT molecular complexity index is 595. The molecule has 0 aliphatic heterocycles. The molecule has 4 nitrogen and oxygen atoms in total. The van der Waals surface area contributed by atoms with Gasteiger partial charge in [0, 0.05) is 12.8 Å². The van der Waals surface area contributed by atoms with Crippen molar-refractivity contribution in [2.24, 2.45) is 0 Å². The third-order valence-electron chi connectivity index (χ3n) is 7.41. The van der Waals surface area contributed by atoms with E-state index in [0.717, 1.165) is 70.6 Å². The zero-order valence-corrected chi connectivity index (χ0v) is 25.9. The number of aliphatic carboxylic acids is 1. The number of carboxylic acids is 1. The van der Waals surface area contributed by atoms with Crippen LogP contribution in [-0.2, 0) is 14.3 Å². The topological polar surface area (TPSA) is 63.6 Å². The summed E-state index contributed by atoms with van der Waals surface area (Å²) in [5.74, 6) is -0.758. The van der Waals surface area contributed by atoms with Crippen LogP contribution < -0.4 is 0 Å². The first-order valence-electron chi connectivity index (χ1n) is 16.8. The summed E-state index contributed by atoms with van der Waals surface area (Å²) in [7, 11) is 0. The highest BCUT2D eigenvalue weighted by Gasteiger charge is 2.11. The number of ether oxygens (including phenoxy) is 1. The molecular formula is C35H64O4. The number of hydrogen-bond acceptors (Lipinski definition) is 3. The molecule has 0 aliphatic carbocycles. The first-order chi connectivity index (χ1) is 19.1. The van der Waals surface area contributed by atoms with Gasteiger partial charge in [0.15, 0.2) is 0 Å². The fourth-order valence-electron chi connectivity index (χ4n) is 4.90. The summed E-state index contributed by atoms with van der Waals surface area (Å²) in [6.07, 6.45) is 37.7. The third kappa shape index (κ3) is 30.8. The van der Waals surface area contributed by atoms with E-state index in [9.17, 15) is 9.59 Å². The van der Waals surface area contributed by atoms with Crippen molar-refractivity contribution in [3.63, 3.8) is 0 Å². The van der Waals surface area contributed by atoms with Crippen LogP contribution in [0.4, 0.5) is 0 Å². The summed E-state index contributed by atoms with van der Waals surface area (Å²) in [6, 6.07) is 0. The third-order valence-corrected chi connectivity index (χ3v) is 7.41. The number of carboxylic acid groups (broad SMARTS) is 1. The van der Waals surface area contributed by atoms with Gasteiger partial charge in [0.1, 0.15) is 6.10 Å². The molecule has 0 rings (SSSR count). The summed E-state index contributed by atoms with van der Waals surface area (Å²) in [5, 5.41) is 8.74. The van der Waals surface area contributed by atoms with Crippen molar-refractivity contribution in [3.05, 3.63) is 24.3 Å². The fraction of sp³-hybridized carbons (Fsp3) is 0.829. The van der Waals surface area contributed by atoms with Gasteiger partial charge in [0.05, 0.1) is 0 Å². The van der Waals surface area contributed by atoms with E-state index in [1.165, 1.54) is 83.5 Å². The molecule has 39 heavy (non-hydrogen) atoms. The number of carbonyl (C=O) groups is 2. The van der Waals surface area contributed by atoms with E-state index in [0.29, 0.717) is 6.42 Å². The van der Waals surface area contributed by atoms with Crippen molar-refractivity contribution in [2.45, 2.75) is 187 Å². The Labute approximate surface area is 242 Å². The van der Waals surface area contributed by atoms with Crippen LogP contribution in [-0.4, -0.2) is 23.1 Å². The van der Waals surface area contributed by atoms with Crippen molar-refractivity contribution < 1.29 is 19.4 Å². The minimum Gasteiger partial charge on any atom is -0.481 e. The largest absolute Gasteiger partial charge is 0.481 e. The molecular weight excluding hydrogens is 484 g/mol. The highest BCUT2D eigenvalue weighted by Crippen LogP contribution is 2.16. The molecule has 0 spiro atoms. The van der Waals surface area contributed by atoms with Gasteiger partial charge in [-0.05, 0) is 51.0 Å². The van der Waals surface area contributed by atoms with Gasteiger partial charge >= 0.3 is 11.9 Å². The molecule has 228 valence electrons. The minimum absolute atomic E-state index is 0.0551. The van der Waals surface area contributed by atoms with Gasteiger partial charge in [0.25, 0.3) is 0 Å². The van der Waals surface area contributed by atoms with Crippen LogP contribution in [0.1, 0.15) is 181 Å². The number of rotatable bonds is 30. The van der Waals surface area contributed by atoms with Gasteiger partial charge in [-0.1, -0.05) is 141 Å². The second-order valence-corrected chi connectivity index (χ2v) is 11.4. The van der Waals surface area contributed by atoms with Crippen LogP contribution in [0.2, 0.25) is 0 Å². The van der Waals surface area contributed by atoms with Crippen molar-refractivity contribution in [1.29, 1.82) is 0 Å². The molecule has 1 atom stereocenters. The lowest BCUT2D eigenvalue weighted by atomic mass is 10.0. The average molecular weight is 549 g/mol. The maximum Gasteiger partial charge on any atom is 0.306 e. The van der Waals surface area contributed by atoms with E-state index in [1.54, 1.807) is 0 Å². The Morgan fingerprint density at radius 1 is 0.590 bits per heavy atom. The molecule has 0 heterocycles. The molecule has 0 aromatic heterocycles. The van der Waals surface area contributed by atoms with Crippen LogP contribution in [0.3, 0.4) is 0 Å². The number of unbranched alkanes of at least 4 members (excludes halogenated alkanes) is 19. The zero-order chi connectivity index (χ0) is 28.7. The molecule has 0 aliphatic rings. The van der Waals surface area contributed by atoms with Crippen molar-refractivity contribution in [2.75, 3.05) is 0 Å². The average Bonchev–Trinajstić information content (AvgIpc) is 2.91. The summed E-state index contributed by atoms with van der Waals surface area (Å²) in [5.41, 5.74) is 0. The lowest BCUT2D eigenvalue weighted by Gasteiger charge is -2.14. The van der Waals surface area contributed by atoms with E-state index in [2.05, 4.69) is 38.2 Å². The Kier molecular flexibility index (Phi) is 29.7. The monoisotopic (exact) mass is 548 g/mol. The molecule has 1 N–H and O–H groups in total. The van der Waals surface area contributed by atoms with Crippen molar-refractivity contribution >= 4 is 11.9 Å². The zero-order valence-electron chi connectivity index (χ0n) is 25.9. The van der Waals surface area contributed by atoms with E-state index in [-0.39, 0.29) is 18.5 Å². The second-order valence-electron chi connectivity index (χ2n) is 11.4. The molecule has 0 bridgehead atoms. The van der Waals surface area contributed by atoms with E-state index in [1.807, 2.05) is 0 Å². The van der Waals surface area contributed by atoms with Crippen molar-refractivity contribution in [3.8, 4) is 0 Å². The van der Waals surface area contributed by atoms with Crippen LogP contribution in [0.5, 0.6) is 0 Å². The van der Waals surface area contributed by atoms with Gasteiger partial charge in [-0.25, -0.2) is 0 Å². The lowest BCUT2D eigenvalue weighted by Crippen LogP contribution is -2.16. The van der Waals surface area contributed by atoms with Gasteiger partial charge < -0.3 is 9.84 Å². The molecule has 4 heteroatoms. The first kappa shape index (κ1) is 37.4.